The molecule has 5 heteroatoms. The maximum Gasteiger partial charge on any atom is 0.422 e. The number of hydrazine groups is 1. The Balaban J connectivity index is 1.87. The molecule has 1 aromatic heterocycles. The normalized spacial score (nSPS) is 18.3. The number of hydrogen-bond acceptors (Lipinski definition) is 4. The third-order valence-corrected chi connectivity index (χ3v) is 2.71. The Morgan fingerprint density at radius 1 is 1.50 bits per heavy atom. The van der Waals surface area contributed by atoms with E-state index in [1.54, 1.807) is 6.20 Å². The molecular weight excluding hydrogens is 230 g/mol. The molecule has 18 heavy (non-hydrogen) atoms. The van der Waals surface area contributed by atoms with Gasteiger partial charge in [-0.05, 0) is 45.2 Å². The van der Waals surface area contributed by atoms with Gasteiger partial charge in [0.15, 0.2) is 0 Å². The first-order valence-corrected chi connectivity index (χ1v) is 6.14. The van der Waals surface area contributed by atoms with Gasteiger partial charge in [0.2, 0.25) is 0 Å². The van der Waals surface area contributed by atoms with Crippen LogP contribution in [0.25, 0.3) is 0 Å². The van der Waals surface area contributed by atoms with Crippen molar-refractivity contribution in [3.8, 4) is 0 Å². The summed E-state index contributed by atoms with van der Waals surface area (Å²) in [6.45, 7) is 5.50. The number of amides is 1. The fourth-order valence-corrected chi connectivity index (χ4v) is 2.00. The number of fused-ring (bicyclic) bond motifs is 1. The molecule has 98 valence electrons. The average Bonchev–Trinajstić information content (AvgIpc) is 2.67. The van der Waals surface area contributed by atoms with E-state index >= 15 is 0 Å². The molecule has 0 spiro atoms. The summed E-state index contributed by atoms with van der Waals surface area (Å²) in [5, 5.41) is 0. The Bertz CT molecular complexity index is 440. The van der Waals surface area contributed by atoms with Gasteiger partial charge in [-0.3, -0.25) is 10.4 Å². The van der Waals surface area contributed by atoms with Crippen LogP contribution in [0.2, 0.25) is 0 Å². The van der Waals surface area contributed by atoms with Crippen molar-refractivity contribution in [1.29, 1.82) is 0 Å². The van der Waals surface area contributed by atoms with Gasteiger partial charge in [0.1, 0.15) is 5.60 Å². The molecule has 1 aromatic rings. The molecule has 1 aliphatic rings. The van der Waals surface area contributed by atoms with Gasteiger partial charge >= 0.3 is 6.09 Å². The summed E-state index contributed by atoms with van der Waals surface area (Å²) in [7, 11) is 0. The van der Waals surface area contributed by atoms with Gasteiger partial charge in [0.05, 0.1) is 11.7 Å². The van der Waals surface area contributed by atoms with Crippen LogP contribution in [0.5, 0.6) is 0 Å². The zero-order chi connectivity index (χ0) is 13.2. The molecule has 0 saturated carbocycles. The smallest absolute Gasteiger partial charge is 0.422 e. The number of aromatic nitrogens is 1. The molecule has 2 rings (SSSR count). The van der Waals surface area contributed by atoms with Crippen molar-refractivity contribution in [1.82, 2.24) is 15.8 Å². The monoisotopic (exact) mass is 249 g/mol. The Morgan fingerprint density at radius 3 is 3.00 bits per heavy atom. The second-order valence-electron chi connectivity index (χ2n) is 5.41. The van der Waals surface area contributed by atoms with E-state index < -0.39 is 11.7 Å². The largest absolute Gasteiger partial charge is 0.443 e. The summed E-state index contributed by atoms with van der Waals surface area (Å²) >= 11 is 0. The Morgan fingerprint density at radius 2 is 2.28 bits per heavy atom. The van der Waals surface area contributed by atoms with E-state index in [4.69, 9.17) is 4.74 Å². The first-order valence-electron chi connectivity index (χ1n) is 6.14. The summed E-state index contributed by atoms with van der Waals surface area (Å²) in [5.41, 5.74) is 7.30. The molecule has 1 heterocycles. The number of carbonyl (C=O) groups excluding carboxylic acids is 1. The number of pyridine rings is 1. The van der Waals surface area contributed by atoms with Crippen molar-refractivity contribution in [3.63, 3.8) is 0 Å². The third kappa shape index (κ3) is 3.20. The zero-order valence-electron chi connectivity index (χ0n) is 11.0. The van der Waals surface area contributed by atoms with Gasteiger partial charge in [0, 0.05) is 6.20 Å². The minimum atomic E-state index is -0.488. The summed E-state index contributed by atoms with van der Waals surface area (Å²) in [4.78, 5) is 15.8. The number of nitrogens with zero attached hydrogens (tertiary/aromatic N) is 1. The van der Waals surface area contributed by atoms with E-state index in [9.17, 15) is 4.79 Å². The maximum atomic E-state index is 11.5. The minimum Gasteiger partial charge on any atom is -0.443 e. The van der Waals surface area contributed by atoms with Crippen molar-refractivity contribution < 1.29 is 9.53 Å². The molecule has 1 amide bonds. The number of ether oxygens (including phenoxy) is 1. The Kier molecular flexibility index (Phi) is 3.52. The number of hydrogen-bond donors (Lipinski definition) is 2. The maximum absolute atomic E-state index is 11.5. The van der Waals surface area contributed by atoms with E-state index in [0.717, 1.165) is 18.5 Å². The van der Waals surface area contributed by atoms with Crippen LogP contribution in [-0.4, -0.2) is 16.7 Å². The van der Waals surface area contributed by atoms with Crippen molar-refractivity contribution >= 4 is 6.09 Å². The summed E-state index contributed by atoms with van der Waals surface area (Å²) in [6, 6.07) is 4.06. The van der Waals surface area contributed by atoms with Crippen molar-refractivity contribution in [3.05, 3.63) is 29.6 Å². The molecule has 0 aromatic carbocycles. The lowest BCUT2D eigenvalue weighted by Crippen LogP contribution is -2.42. The van der Waals surface area contributed by atoms with Gasteiger partial charge < -0.3 is 4.74 Å². The number of nitrogens with one attached hydrogen (secondary N) is 2. The topological polar surface area (TPSA) is 63.2 Å². The van der Waals surface area contributed by atoms with Gasteiger partial charge in [-0.25, -0.2) is 10.2 Å². The second kappa shape index (κ2) is 4.94. The molecule has 2 N–H and O–H groups in total. The quantitative estimate of drug-likeness (QED) is 0.788. The highest BCUT2D eigenvalue weighted by molar-refractivity contribution is 5.67. The van der Waals surface area contributed by atoms with Crippen LogP contribution in [0.3, 0.4) is 0 Å². The lowest BCUT2D eigenvalue weighted by molar-refractivity contribution is 0.0487. The molecule has 1 aliphatic carbocycles. The number of aryl methyl sites for hydroxylation is 1. The minimum absolute atomic E-state index is 0.0636. The summed E-state index contributed by atoms with van der Waals surface area (Å²) in [6.07, 6.45) is 3.22. The molecule has 0 radical (unpaired) electrons. The van der Waals surface area contributed by atoms with Crippen molar-refractivity contribution in [2.24, 2.45) is 0 Å². The van der Waals surface area contributed by atoms with E-state index in [1.165, 1.54) is 5.56 Å². The second-order valence-corrected chi connectivity index (χ2v) is 5.41. The molecule has 0 saturated heterocycles. The van der Waals surface area contributed by atoms with Crippen LogP contribution in [-0.2, 0) is 11.2 Å². The predicted octanol–water partition coefficient (Wildman–Crippen LogP) is 2.10. The Hall–Kier alpha value is -1.62. The van der Waals surface area contributed by atoms with Gasteiger partial charge in [-0.1, -0.05) is 6.07 Å². The standard InChI is InChI=1S/C13H19N3O2/c1-13(2,3)18-12(17)16-15-10-7-6-9-5-4-8-14-11(9)10/h4-5,8,10,15H,6-7H2,1-3H3,(H,16,17). The van der Waals surface area contributed by atoms with E-state index in [-0.39, 0.29) is 6.04 Å². The predicted molar refractivity (Wildman–Crippen MR) is 67.8 cm³/mol. The lowest BCUT2D eigenvalue weighted by Gasteiger charge is -2.21. The molecule has 1 atom stereocenters. The number of carbonyl (C=O) groups is 1. The van der Waals surface area contributed by atoms with Gasteiger partial charge in [0.25, 0.3) is 0 Å². The third-order valence-electron chi connectivity index (χ3n) is 2.71. The lowest BCUT2D eigenvalue weighted by atomic mass is 10.2. The highest BCUT2D eigenvalue weighted by Gasteiger charge is 2.24. The number of rotatable bonds is 2. The van der Waals surface area contributed by atoms with Crippen LogP contribution < -0.4 is 10.9 Å². The summed E-state index contributed by atoms with van der Waals surface area (Å²) < 4.78 is 5.15. The molecule has 5 nitrogen and oxygen atoms in total. The van der Waals surface area contributed by atoms with Crippen molar-refractivity contribution in [2.75, 3.05) is 0 Å². The SMILES string of the molecule is CC(C)(C)OC(=O)NNC1CCc2cccnc21. The van der Waals surface area contributed by atoms with Gasteiger partial charge in [-0.2, -0.15) is 0 Å². The molecule has 1 unspecified atom stereocenters. The van der Waals surface area contributed by atoms with E-state index in [1.807, 2.05) is 26.8 Å². The summed E-state index contributed by atoms with van der Waals surface area (Å²) in [5.74, 6) is 0. The molecule has 0 fully saturated rings. The zero-order valence-corrected chi connectivity index (χ0v) is 11.0. The molecular formula is C13H19N3O2. The first-order chi connectivity index (χ1) is 8.46. The molecule has 0 aliphatic heterocycles. The van der Waals surface area contributed by atoms with Crippen LogP contribution in [0.4, 0.5) is 4.79 Å². The highest BCUT2D eigenvalue weighted by Crippen LogP contribution is 2.28. The first kappa shape index (κ1) is 12.8. The van der Waals surface area contributed by atoms with Crippen LogP contribution in [0.1, 0.15) is 44.5 Å². The van der Waals surface area contributed by atoms with Crippen LogP contribution >= 0.6 is 0 Å². The van der Waals surface area contributed by atoms with Crippen molar-refractivity contribution in [2.45, 2.75) is 45.3 Å². The molecule has 0 bridgehead atoms. The fourth-order valence-electron chi connectivity index (χ4n) is 2.00. The van der Waals surface area contributed by atoms with E-state index in [2.05, 4.69) is 21.9 Å². The van der Waals surface area contributed by atoms with Crippen LogP contribution in [0.15, 0.2) is 18.3 Å². The van der Waals surface area contributed by atoms with E-state index in [0.29, 0.717) is 0 Å². The van der Waals surface area contributed by atoms with Gasteiger partial charge in [-0.15, -0.1) is 0 Å². The van der Waals surface area contributed by atoms with Crippen LogP contribution in [0, 0.1) is 0 Å². The Labute approximate surface area is 107 Å². The average molecular weight is 249 g/mol. The highest BCUT2D eigenvalue weighted by atomic mass is 16.6. The fraction of sp³-hybridized carbons (Fsp3) is 0.538.